The Kier molecular flexibility index (Phi) is 5.99. The van der Waals surface area contributed by atoms with Crippen LogP contribution < -0.4 is 5.32 Å². The molecule has 0 aliphatic carbocycles. The molecular weight excluding hydrogens is 325 g/mol. The molecule has 2 aliphatic heterocycles. The van der Waals surface area contributed by atoms with Crippen molar-refractivity contribution in [3.05, 3.63) is 35.6 Å². The Hall–Kier alpha value is -1.99. The number of rotatable bonds is 3. The zero-order valence-electron chi connectivity index (χ0n) is 14.2. The van der Waals surface area contributed by atoms with Crippen LogP contribution in [0.5, 0.6) is 0 Å². The lowest BCUT2D eigenvalue weighted by molar-refractivity contribution is -0.149. The van der Waals surface area contributed by atoms with E-state index in [-0.39, 0.29) is 11.9 Å². The maximum Gasteiger partial charge on any atom is 0.312 e. The predicted molar refractivity (Wildman–Crippen MR) is 90.2 cm³/mol. The third-order valence-corrected chi connectivity index (χ3v) is 4.69. The molecule has 136 valence electrons. The lowest BCUT2D eigenvalue weighted by Gasteiger charge is -2.33. The van der Waals surface area contributed by atoms with Gasteiger partial charge in [-0.25, -0.2) is 4.39 Å². The van der Waals surface area contributed by atoms with Crippen molar-refractivity contribution in [2.24, 2.45) is 0 Å². The smallest absolute Gasteiger partial charge is 0.312 e. The van der Waals surface area contributed by atoms with Crippen molar-refractivity contribution < 1.29 is 18.7 Å². The fraction of sp³-hybridized carbons (Fsp3) is 0.556. The molecule has 0 spiro atoms. The number of amides is 2. The first-order valence-corrected chi connectivity index (χ1v) is 8.77. The number of likely N-dealkylation sites (tertiary alicyclic amines) is 1. The minimum atomic E-state index is -0.556. The van der Waals surface area contributed by atoms with Crippen molar-refractivity contribution in [1.82, 2.24) is 15.1 Å². The Morgan fingerprint density at radius 3 is 2.72 bits per heavy atom. The molecule has 6 nitrogen and oxygen atoms in total. The van der Waals surface area contributed by atoms with Gasteiger partial charge in [0.2, 0.25) is 0 Å². The summed E-state index contributed by atoms with van der Waals surface area (Å²) < 4.78 is 19.0. The molecule has 1 atom stereocenters. The Bertz CT molecular complexity index is 619. The predicted octanol–water partition coefficient (Wildman–Crippen LogP) is 0.765. The molecule has 1 aromatic carbocycles. The third-order valence-electron chi connectivity index (χ3n) is 4.69. The molecule has 1 aromatic rings. The molecule has 1 N–H and O–H groups in total. The van der Waals surface area contributed by atoms with E-state index >= 15 is 0 Å². The number of hydrogen-bond donors (Lipinski definition) is 1. The average Bonchev–Trinajstić information content (AvgIpc) is 2.64. The van der Waals surface area contributed by atoms with Gasteiger partial charge in [-0.3, -0.25) is 14.5 Å². The summed E-state index contributed by atoms with van der Waals surface area (Å²) in [6.45, 7) is 3.84. The van der Waals surface area contributed by atoms with Gasteiger partial charge in [-0.05, 0) is 25.5 Å². The fourth-order valence-electron chi connectivity index (χ4n) is 3.34. The largest absolute Gasteiger partial charge is 0.378 e. The van der Waals surface area contributed by atoms with Crippen LogP contribution in [0.15, 0.2) is 24.3 Å². The summed E-state index contributed by atoms with van der Waals surface area (Å²) in [5.74, 6) is -1.26. The highest BCUT2D eigenvalue weighted by Gasteiger charge is 2.28. The lowest BCUT2D eigenvalue weighted by atomic mass is 10.0. The van der Waals surface area contributed by atoms with Gasteiger partial charge >= 0.3 is 11.8 Å². The van der Waals surface area contributed by atoms with Crippen molar-refractivity contribution in [1.29, 1.82) is 0 Å². The first-order chi connectivity index (χ1) is 12.1. The Labute approximate surface area is 146 Å². The summed E-state index contributed by atoms with van der Waals surface area (Å²) in [7, 11) is 0. The number of hydrogen-bond acceptors (Lipinski definition) is 4. The van der Waals surface area contributed by atoms with Gasteiger partial charge in [0, 0.05) is 37.8 Å². The van der Waals surface area contributed by atoms with Crippen molar-refractivity contribution in [3.8, 4) is 0 Å². The van der Waals surface area contributed by atoms with Crippen molar-refractivity contribution in [3.63, 3.8) is 0 Å². The fourth-order valence-corrected chi connectivity index (χ4v) is 3.34. The van der Waals surface area contributed by atoms with Gasteiger partial charge in [0.1, 0.15) is 5.82 Å². The molecule has 0 saturated carbocycles. The van der Waals surface area contributed by atoms with Crippen LogP contribution in [0.4, 0.5) is 4.39 Å². The van der Waals surface area contributed by atoms with Gasteiger partial charge in [-0.15, -0.1) is 0 Å². The normalized spacial score (nSPS) is 21.8. The minimum absolute atomic E-state index is 0.0852. The summed E-state index contributed by atoms with van der Waals surface area (Å²) in [4.78, 5) is 28.0. The number of carbonyl (C=O) groups excluding carboxylic acids is 2. The molecule has 0 radical (unpaired) electrons. The van der Waals surface area contributed by atoms with Crippen LogP contribution >= 0.6 is 0 Å². The van der Waals surface area contributed by atoms with E-state index in [0.29, 0.717) is 45.0 Å². The maximum absolute atomic E-state index is 13.8. The summed E-state index contributed by atoms with van der Waals surface area (Å²) in [5, 5.41) is 2.84. The van der Waals surface area contributed by atoms with E-state index in [0.717, 1.165) is 19.4 Å². The number of morpholine rings is 1. The van der Waals surface area contributed by atoms with Crippen molar-refractivity contribution in [2.45, 2.75) is 25.4 Å². The number of piperidine rings is 1. The van der Waals surface area contributed by atoms with E-state index < -0.39 is 11.8 Å². The standard InChI is InChI=1S/C18H24FN3O3/c19-16-6-2-1-4-14(16)12-21-7-3-5-15(13-21)20-17(23)18(24)22-8-10-25-11-9-22/h1-2,4,6,15H,3,5,7-13H2,(H,20,23)/t15-/m0/s1. The minimum Gasteiger partial charge on any atom is -0.378 e. The van der Waals surface area contributed by atoms with E-state index in [1.807, 2.05) is 6.07 Å². The molecule has 2 aliphatic rings. The van der Waals surface area contributed by atoms with E-state index in [2.05, 4.69) is 10.2 Å². The monoisotopic (exact) mass is 349 g/mol. The lowest BCUT2D eigenvalue weighted by Crippen LogP contribution is -2.53. The second-order valence-corrected chi connectivity index (χ2v) is 6.54. The van der Waals surface area contributed by atoms with Crippen LogP contribution in [-0.2, 0) is 20.9 Å². The zero-order valence-corrected chi connectivity index (χ0v) is 14.2. The second-order valence-electron chi connectivity index (χ2n) is 6.54. The van der Waals surface area contributed by atoms with Crippen LogP contribution in [0.3, 0.4) is 0 Å². The summed E-state index contributed by atoms with van der Waals surface area (Å²) >= 11 is 0. The molecular formula is C18H24FN3O3. The third kappa shape index (κ3) is 4.76. The quantitative estimate of drug-likeness (QED) is 0.819. The first-order valence-electron chi connectivity index (χ1n) is 8.77. The van der Waals surface area contributed by atoms with E-state index in [4.69, 9.17) is 4.74 Å². The first kappa shape index (κ1) is 17.8. The topological polar surface area (TPSA) is 61.9 Å². The molecule has 0 unspecified atom stereocenters. The maximum atomic E-state index is 13.8. The van der Waals surface area contributed by atoms with Gasteiger partial charge in [0.25, 0.3) is 0 Å². The van der Waals surface area contributed by atoms with Crippen LogP contribution in [0, 0.1) is 5.82 Å². The average molecular weight is 349 g/mol. The zero-order chi connectivity index (χ0) is 17.6. The highest BCUT2D eigenvalue weighted by Crippen LogP contribution is 2.16. The molecule has 2 heterocycles. The Balaban J connectivity index is 1.51. The number of carbonyl (C=O) groups is 2. The van der Waals surface area contributed by atoms with Gasteiger partial charge in [0.05, 0.1) is 13.2 Å². The molecule has 2 fully saturated rings. The molecule has 2 saturated heterocycles. The number of ether oxygens (including phenoxy) is 1. The number of nitrogens with zero attached hydrogens (tertiary/aromatic N) is 2. The second kappa shape index (κ2) is 8.40. The number of nitrogens with one attached hydrogen (secondary N) is 1. The summed E-state index contributed by atoms with van der Waals surface area (Å²) in [6, 6.07) is 6.65. The van der Waals surface area contributed by atoms with E-state index in [1.165, 1.54) is 11.0 Å². The molecule has 0 aromatic heterocycles. The van der Waals surface area contributed by atoms with E-state index in [9.17, 15) is 14.0 Å². The van der Waals surface area contributed by atoms with Crippen LogP contribution in [0.1, 0.15) is 18.4 Å². The highest BCUT2D eigenvalue weighted by molar-refractivity contribution is 6.35. The highest BCUT2D eigenvalue weighted by atomic mass is 19.1. The molecule has 0 bridgehead atoms. The molecule has 2 amide bonds. The van der Waals surface area contributed by atoms with Gasteiger partial charge in [-0.2, -0.15) is 0 Å². The van der Waals surface area contributed by atoms with Gasteiger partial charge in [-0.1, -0.05) is 18.2 Å². The van der Waals surface area contributed by atoms with Gasteiger partial charge in [0.15, 0.2) is 0 Å². The molecule has 25 heavy (non-hydrogen) atoms. The number of halogens is 1. The van der Waals surface area contributed by atoms with Crippen LogP contribution in [0.2, 0.25) is 0 Å². The Morgan fingerprint density at radius 1 is 1.20 bits per heavy atom. The van der Waals surface area contributed by atoms with E-state index in [1.54, 1.807) is 12.1 Å². The molecule has 7 heteroatoms. The summed E-state index contributed by atoms with van der Waals surface area (Å²) in [6.07, 6.45) is 1.74. The Morgan fingerprint density at radius 2 is 1.96 bits per heavy atom. The van der Waals surface area contributed by atoms with Crippen molar-refractivity contribution in [2.75, 3.05) is 39.4 Å². The van der Waals surface area contributed by atoms with Gasteiger partial charge < -0.3 is 15.0 Å². The summed E-state index contributed by atoms with van der Waals surface area (Å²) in [5.41, 5.74) is 0.652. The molecule has 3 rings (SSSR count). The SMILES string of the molecule is O=C(N[C@H]1CCCN(Cc2ccccc2F)C1)C(=O)N1CCOCC1. The number of benzene rings is 1. The van der Waals surface area contributed by atoms with Crippen LogP contribution in [0.25, 0.3) is 0 Å². The van der Waals surface area contributed by atoms with Crippen molar-refractivity contribution >= 4 is 11.8 Å². The van der Waals surface area contributed by atoms with Crippen LogP contribution in [-0.4, -0.2) is 67.0 Å².